The van der Waals surface area contributed by atoms with Crippen LogP contribution < -0.4 is 5.32 Å². The van der Waals surface area contributed by atoms with E-state index in [1.54, 1.807) is 11.3 Å². The molecule has 1 aromatic carbocycles. The Morgan fingerprint density at radius 2 is 1.93 bits per heavy atom. The van der Waals surface area contributed by atoms with Gasteiger partial charge in [0, 0.05) is 52.2 Å². The molecule has 1 N–H and O–H groups in total. The molecule has 0 saturated carbocycles. The van der Waals surface area contributed by atoms with Crippen LogP contribution in [0.2, 0.25) is 0 Å². The van der Waals surface area contributed by atoms with Gasteiger partial charge in [-0.3, -0.25) is 9.69 Å². The normalized spacial score (nSPS) is 22.3. The number of nitrogens with zero attached hydrogens (tertiary/aromatic N) is 2. The Morgan fingerprint density at radius 3 is 2.63 bits per heavy atom. The van der Waals surface area contributed by atoms with Gasteiger partial charge >= 0.3 is 0 Å². The molecule has 2 aromatic rings. The SMILES string of the molecule is O=C(Nc1ccc(-c2cscn2)cc1)[C@H]1CCCN(C2CSCCSC2)C1. The number of aromatic nitrogens is 1. The molecule has 1 atom stereocenters. The number of likely N-dealkylation sites (tertiary alicyclic amines) is 1. The van der Waals surface area contributed by atoms with Crippen LogP contribution in [-0.2, 0) is 4.79 Å². The summed E-state index contributed by atoms with van der Waals surface area (Å²) in [5.41, 5.74) is 4.78. The molecule has 1 amide bonds. The Morgan fingerprint density at radius 1 is 1.15 bits per heavy atom. The molecule has 2 aliphatic rings. The zero-order valence-electron chi connectivity index (χ0n) is 15.3. The van der Waals surface area contributed by atoms with Gasteiger partial charge in [-0.15, -0.1) is 11.3 Å². The van der Waals surface area contributed by atoms with Gasteiger partial charge in [0.05, 0.1) is 17.1 Å². The van der Waals surface area contributed by atoms with E-state index >= 15 is 0 Å². The Hall–Kier alpha value is -1.02. The maximum Gasteiger partial charge on any atom is 0.228 e. The van der Waals surface area contributed by atoms with Crippen molar-refractivity contribution in [1.82, 2.24) is 9.88 Å². The first-order chi connectivity index (χ1) is 13.3. The first-order valence-corrected chi connectivity index (χ1v) is 12.7. The highest BCUT2D eigenvalue weighted by atomic mass is 32.2. The topological polar surface area (TPSA) is 45.2 Å². The van der Waals surface area contributed by atoms with Crippen molar-refractivity contribution in [1.29, 1.82) is 0 Å². The monoisotopic (exact) mass is 419 g/mol. The molecule has 2 aliphatic heterocycles. The third kappa shape index (κ3) is 5.08. The number of benzene rings is 1. The Bertz CT molecular complexity index is 727. The summed E-state index contributed by atoms with van der Waals surface area (Å²) in [5, 5.41) is 5.16. The lowest BCUT2D eigenvalue weighted by atomic mass is 9.96. The van der Waals surface area contributed by atoms with E-state index < -0.39 is 0 Å². The summed E-state index contributed by atoms with van der Waals surface area (Å²) in [7, 11) is 0. The van der Waals surface area contributed by atoms with E-state index in [0.29, 0.717) is 6.04 Å². The van der Waals surface area contributed by atoms with Crippen LogP contribution in [0.3, 0.4) is 0 Å². The lowest BCUT2D eigenvalue weighted by Gasteiger charge is -2.37. The Labute approximate surface area is 173 Å². The van der Waals surface area contributed by atoms with Crippen molar-refractivity contribution < 1.29 is 4.79 Å². The third-order valence-electron chi connectivity index (χ3n) is 5.21. The predicted octanol–water partition coefficient (Wildman–Crippen LogP) is 4.31. The number of rotatable bonds is 4. The molecule has 0 unspecified atom stereocenters. The van der Waals surface area contributed by atoms with Crippen molar-refractivity contribution in [2.24, 2.45) is 5.92 Å². The highest BCUT2D eigenvalue weighted by Gasteiger charge is 2.30. The van der Waals surface area contributed by atoms with E-state index in [-0.39, 0.29) is 11.8 Å². The molecular weight excluding hydrogens is 394 g/mol. The minimum absolute atomic E-state index is 0.0928. The number of anilines is 1. The smallest absolute Gasteiger partial charge is 0.228 e. The molecule has 2 saturated heterocycles. The van der Waals surface area contributed by atoms with Gasteiger partial charge in [-0.2, -0.15) is 23.5 Å². The molecule has 2 fully saturated rings. The van der Waals surface area contributed by atoms with Crippen LogP contribution >= 0.6 is 34.9 Å². The number of thioether (sulfide) groups is 2. The van der Waals surface area contributed by atoms with Crippen molar-refractivity contribution in [2.75, 3.05) is 41.4 Å². The lowest BCUT2D eigenvalue weighted by Crippen LogP contribution is -2.47. The number of hydrogen-bond donors (Lipinski definition) is 1. The van der Waals surface area contributed by atoms with Gasteiger partial charge in [-0.1, -0.05) is 12.1 Å². The number of carbonyl (C=O) groups excluding carboxylic acids is 1. The molecule has 0 radical (unpaired) electrons. The molecule has 0 aliphatic carbocycles. The fourth-order valence-corrected chi connectivity index (χ4v) is 6.88. The Balaban J connectivity index is 1.34. The minimum Gasteiger partial charge on any atom is -0.326 e. The van der Waals surface area contributed by atoms with Crippen LogP contribution in [0, 0.1) is 5.92 Å². The van der Waals surface area contributed by atoms with Gasteiger partial charge < -0.3 is 5.32 Å². The maximum atomic E-state index is 12.8. The standard InChI is InChI=1S/C20H25N3OS3/c24-20(22-17-5-3-15(4-6-17)19-13-27-14-21-19)16-2-1-7-23(10-16)18-11-25-8-9-26-12-18/h3-6,13-14,16,18H,1-2,7-12H2,(H,22,24)/t16-/m0/s1. The summed E-state index contributed by atoms with van der Waals surface area (Å²) in [5.74, 6) is 5.19. The van der Waals surface area contributed by atoms with Crippen molar-refractivity contribution in [3.63, 3.8) is 0 Å². The summed E-state index contributed by atoms with van der Waals surface area (Å²) >= 11 is 5.72. The first kappa shape index (κ1) is 19.3. The maximum absolute atomic E-state index is 12.8. The highest BCUT2D eigenvalue weighted by molar-refractivity contribution is 8.03. The van der Waals surface area contributed by atoms with E-state index in [0.717, 1.165) is 42.9 Å². The molecule has 4 nitrogen and oxygen atoms in total. The lowest BCUT2D eigenvalue weighted by molar-refractivity contribution is -0.121. The van der Waals surface area contributed by atoms with Crippen molar-refractivity contribution in [3.8, 4) is 11.3 Å². The second kappa shape index (κ2) is 9.45. The number of amides is 1. The van der Waals surface area contributed by atoms with Gasteiger partial charge in [0.1, 0.15) is 0 Å². The number of hydrogen-bond acceptors (Lipinski definition) is 6. The summed E-state index contributed by atoms with van der Waals surface area (Å²) in [4.78, 5) is 19.7. The van der Waals surface area contributed by atoms with Crippen molar-refractivity contribution >= 4 is 46.5 Å². The van der Waals surface area contributed by atoms with E-state index in [1.807, 2.05) is 35.2 Å². The molecule has 1 aromatic heterocycles. The molecule has 3 heterocycles. The average molecular weight is 420 g/mol. The van der Waals surface area contributed by atoms with E-state index in [2.05, 4.69) is 38.7 Å². The van der Waals surface area contributed by atoms with Crippen LogP contribution in [0.4, 0.5) is 5.69 Å². The van der Waals surface area contributed by atoms with Crippen molar-refractivity contribution in [2.45, 2.75) is 18.9 Å². The number of nitrogens with one attached hydrogen (secondary N) is 1. The zero-order chi connectivity index (χ0) is 18.5. The van der Waals surface area contributed by atoms with Gasteiger partial charge in [-0.25, -0.2) is 4.98 Å². The third-order valence-corrected chi connectivity index (χ3v) is 8.28. The van der Waals surface area contributed by atoms with Gasteiger partial charge in [0.2, 0.25) is 5.91 Å². The molecule has 0 spiro atoms. The van der Waals surface area contributed by atoms with E-state index in [9.17, 15) is 4.79 Å². The molecular formula is C20H25N3OS3. The minimum atomic E-state index is 0.0928. The number of carbonyl (C=O) groups is 1. The van der Waals surface area contributed by atoms with Crippen molar-refractivity contribution in [3.05, 3.63) is 35.2 Å². The number of thiazole rings is 1. The van der Waals surface area contributed by atoms with E-state index in [4.69, 9.17) is 0 Å². The molecule has 144 valence electrons. The summed E-state index contributed by atoms with van der Waals surface area (Å²) in [6.07, 6.45) is 2.11. The fraction of sp³-hybridized carbons (Fsp3) is 0.500. The predicted molar refractivity (Wildman–Crippen MR) is 119 cm³/mol. The summed E-state index contributed by atoms with van der Waals surface area (Å²) < 4.78 is 0. The van der Waals surface area contributed by atoms with Gasteiger partial charge in [0.25, 0.3) is 0 Å². The van der Waals surface area contributed by atoms with Crippen LogP contribution in [0.5, 0.6) is 0 Å². The number of piperidine rings is 1. The summed E-state index contributed by atoms with van der Waals surface area (Å²) in [6.45, 7) is 2.03. The second-order valence-corrected chi connectivity index (χ2v) is 10.1. The van der Waals surface area contributed by atoms with Crippen LogP contribution in [0.15, 0.2) is 35.2 Å². The molecule has 27 heavy (non-hydrogen) atoms. The molecule has 0 bridgehead atoms. The van der Waals surface area contributed by atoms with Gasteiger partial charge in [0.15, 0.2) is 0 Å². The molecule has 7 heteroatoms. The average Bonchev–Trinajstić information content (AvgIpc) is 3.11. The van der Waals surface area contributed by atoms with E-state index in [1.165, 1.54) is 23.0 Å². The van der Waals surface area contributed by atoms with Crippen LogP contribution in [0.1, 0.15) is 12.8 Å². The van der Waals surface area contributed by atoms with Gasteiger partial charge in [-0.05, 0) is 31.5 Å². The first-order valence-electron chi connectivity index (χ1n) is 9.48. The second-order valence-electron chi connectivity index (χ2n) is 7.08. The van der Waals surface area contributed by atoms with Crippen LogP contribution in [-0.4, -0.2) is 57.9 Å². The quantitative estimate of drug-likeness (QED) is 0.800. The Kier molecular flexibility index (Phi) is 6.76. The largest absolute Gasteiger partial charge is 0.326 e. The summed E-state index contributed by atoms with van der Waals surface area (Å²) in [6, 6.07) is 8.63. The molecule has 4 rings (SSSR count). The van der Waals surface area contributed by atoms with Crippen LogP contribution in [0.25, 0.3) is 11.3 Å². The fourth-order valence-electron chi connectivity index (χ4n) is 3.69. The zero-order valence-corrected chi connectivity index (χ0v) is 17.8. The highest BCUT2D eigenvalue weighted by Crippen LogP contribution is 2.26.